The Morgan fingerprint density at radius 1 is 1.04 bits per heavy atom. The number of Topliss-reactive ketones (excluding diaryl/α,β-unsaturated/α-hetero) is 1. The van der Waals surface area contributed by atoms with E-state index in [-0.39, 0.29) is 11.5 Å². The van der Waals surface area contributed by atoms with Gasteiger partial charge < -0.3 is 4.42 Å². The largest absolute Gasteiger partial charge is 0.411 e. The number of carbonyl (C=O) groups excluding carboxylic acids is 1. The van der Waals surface area contributed by atoms with E-state index in [9.17, 15) is 4.79 Å². The topological polar surface area (TPSA) is 56.0 Å². The fourth-order valence-corrected chi connectivity index (χ4v) is 3.32. The van der Waals surface area contributed by atoms with Gasteiger partial charge in [-0.05, 0) is 44.2 Å². The minimum absolute atomic E-state index is 0.0882. The van der Waals surface area contributed by atoms with E-state index in [2.05, 4.69) is 16.3 Å². The van der Waals surface area contributed by atoms with Crippen LogP contribution in [0.3, 0.4) is 0 Å². The van der Waals surface area contributed by atoms with E-state index in [0.717, 1.165) is 16.7 Å². The van der Waals surface area contributed by atoms with Crippen LogP contribution in [0.15, 0.2) is 46.0 Å². The molecule has 0 bridgehead atoms. The van der Waals surface area contributed by atoms with Gasteiger partial charge in [-0.25, -0.2) is 0 Å². The Labute approximate surface area is 159 Å². The number of rotatable bonds is 5. The summed E-state index contributed by atoms with van der Waals surface area (Å²) < 4.78 is 5.65. The Kier molecular flexibility index (Phi) is 5.47. The van der Waals surface area contributed by atoms with Gasteiger partial charge in [0.25, 0.3) is 5.22 Å². The van der Waals surface area contributed by atoms with Gasteiger partial charge in [-0.2, -0.15) is 0 Å². The van der Waals surface area contributed by atoms with E-state index in [4.69, 9.17) is 27.6 Å². The molecule has 3 aromatic rings. The molecule has 0 fully saturated rings. The van der Waals surface area contributed by atoms with Gasteiger partial charge >= 0.3 is 0 Å². The van der Waals surface area contributed by atoms with E-state index in [1.54, 1.807) is 18.2 Å². The first-order valence-corrected chi connectivity index (χ1v) is 9.20. The number of hydrogen-bond donors (Lipinski definition) is 0. The molecule has 1 aromatic heterocycles. The summed E-state index contributed by atoms with van der Waals surface area (Å²) in [7, 11) is 0. The molecule has 0 radical (unpaired) electrons. The Bertz CT molecular complexity index is 920. The van der Waals surface area contributed by atoms with Crippen LogP contribution < -0.4 is 0 Å². The summed E-state index contributed by atoms with van der Waals surface area (Å²) in [6.45, 7) is 4.02. The van der Waals surface area contributed by atoms with E-state index in [1.165, 1.54) is 11.8 Å². The second-order valence-corrected chi connectivity index (χ2v) is 7.33. The predicted molar refractivity (Wildman–Crippen MR) is 101 cm³/mol. The number of ketones is 1. The first-order chi connectivity index (χ1) is 11.9. The van der Waals surface area contributed by atoms with Crippen LogP contribution in [-0.4, -0.2) is 21.7 Å². The van der Waals surface area contributed by atoms with Crippen molar-refractivity contribution < 1.29 is 9.21 Å². The molecule has 0 spiro atoms. The highest BCUT2D eigenvalue weighted by Crippen LogP contribution is 2.27. The minimum Gasteiger partial charge on any atom is -0.411 e. The molecular weight excluding hydrogens is 379 g/mol. The summed E-state index contributed by atoms with van der Waals surface area (Å²) in [5.74, 6) is 0.526. The Morgan fingerprint density at radius 3 is 2.44 bits per heavy atom. The maximum absolute atomic E-state index is 12.2. The van der Waals surface area contributed by atoms with Crippen molar-refractivity contribution in [2.45, 2.75) is 19.1 Å². The van der Waals surface area contributed by atoms with Crippen molar-refractivity contribution in [1.29, 1.82) is 0 Å². The molecule has 0 saturated carbocycles. The second-order valence-electron chi connectivity index (χ2n) is 5.59. The van der Waals surface area contributed by atoms with Crippen LogP contribution >= 0.6 is 35.0 Å². The van der Waals surface area contributed by atoms with Crippen molar-refractivity contribution in [2.24, 2.45) is 0 Å². The van der Waals surface area contributed by atoms with Gasteiger partial charge in [0, 0.05) is 11.1 Å². The van der Waals surface area contributed by atoms with Crippen molar-refractivity contribution in [1.82, 2.24) is 10.2 Å². The van der Waals surface area contributed by atoms with Crippen LogP contribution in [0.25, 0.3) is 11.5 Å². The number of hydrogen-bond acceptors (Lipinski definition) is 5. The lowest BCUT2D eigenvalue weighted by Gasteiger charge is -2.01. The van der Waals surface area contributed by atoms with Crippen LogP contribution in [-0.2, 0) is 0 Å². The minimum atomic E-state index is -0.0882. The molecule has 0 aliphatic heterocycles. The van der Waals surface area contributed by atoms with Gasteiger partial charge in [0.15, 0.2) is 5.78 Å². The number of benzene rings is 2. The first kappa shape index (κ1) is 18.0. The SMILES string of the molecule is Cc1cc(C)cc(-c2nnc(SCC(=O)c3ccc(Cl)c(Cl)c3)o2)c1. The maximum atomic E-state index is 12.2. The lowest BCUT2D eigenvalue weighted by molar-refractivity contribution is 0.102. The van der Waals surface area contributed by atoms with Crippen LogP contribution in [0.5, 0.6) is 0 Å². The van der Waals surface area contributed by atoms with Crippen molar-refractivity contribution in [2.75, 3.05) is 5.75 Å². The molecule has 4 nitrogen and oxygen atoms in total. The second kappa shape index (κ2) is 7.60. The number of halogens is 2. The summed E-state index contributed by atoms with van der Waals surface area (Å²) in [5, 5.41) is 9.17. The maximum Gasteiger partial charge on any atom is 0.277 e. The summed E-state index contributed by atoms with van der Waals surface area (Å²) in [6, 6.07) is 10.8. The van der Waals surface area contributed by atoms with Gasteiger partial charge in [0.05, 0.1) is 15.8 Å². The third-order valence-electron chi connectivity index (χ3n) is 3.44. The summed E-state index contributed by atoms with van der Waals surface area (Å²) >= 11 is 13.0. The monoisotopic (exact) mass is 392 g/mol. The zero-order chi connectivity index (χ0) is 18.0. The Morgan fingerprint density at radius 2 is 1.76 bits per heavy atom. The Balaban J connectivity index is 1.69. The van der Waals surface area contributed by atoms with Crippen LogP contribution in [0.4, 0.5) is 0 Å². The van der Waals surface area contributed by atoms with Gasteiger partial charge in [-0.15, -0.1) is 10.2 Å². The van der Waals surface area contributed by atoms with Crippen molar-refractivity contribution in [3.8, 4) is 11.5 Å². The molecule has 2 aromatic carbocycles. The number of aryl methyl sites for hydroxylation is 2. The molecule has 0 N–H and O–H groups in total. The van der Waals surface area contributed by atoms with E-state index in [1.807, 2.05) is 26.0 Å². The molecule has 1 heterocycles. The van der Waals surface area contributed by atoms with Gasteiger partial charge in [-0.1, -0.05) is 52.2 Å². The van der Waals surface area contributed by atoms with E-state index >= 15 is 0 Å². The smallest absolute Gasteiger partial charge is 0.277 e. The van der Waals surface area contributed by atoms with Crippen molar-refractivity contribution in [3.63, 3.8) is 0 Å². The summed E-state index contributed by atoms with van der Waals surface area (Å²) in [6.07, 6.45) is 0. The van der Waals surface area contributed by atoms with Crippen molar-refractivity contribution in [3.05, 3.63) is 63.1 Å². The third kappa shape index (κ3) is 4.42. The number of aromatic nitrogens is 2. The highest BCUT2D eigenvalue weighted by Gasteiger charge is 2.13. The molecular formula is C18H14Cl2N2O2S. The molecule has 7 heteroatoms. The van der Waals surface area contributed by atoms with Gasteiger partial charge in [0.1, 0.15) is 0 Å². The molecule has 0 saturated heterocycles. The summed E-state index contributed by atoms with van der Waals surface area (Å²) in [5.41, 5.74) is 3.61. The van der Waals surface area contributed by atoms with Crippen molar-refractivity contribution >= 4 is 40.7 Å². The number of thioether (sulfide) groups is 1. The molecule has 3 rings (SSSR count). The molecule has 128 valence electrons. The van der Waals surface area contributed by atoms with Crippen LogP contribution in [0.2, 0.25) is 10.0 Å². The molecule has 0 amide bonds. The van der Waals surface area contributed by atoms with Crippen LogP contribution in [0.1, 0.15) is 21.5 Å². The van der Waals surface area contributed by atoms with Crippen LogP contribution in [0, 0.1) is 13.8 Å². The van der Waals surface area contributed by atoms with Gasteiger partial charge in [-0.3, -0.25) is 4.79 Å². The highest BCUT2D eigenvalue weighted by atomic mass is 35.5. The molecule has 0 aliphatic carbocycles. The fraction of sp³-hybridized carbons (Fsp3) is 0.167. The molecule has 0 aliphatic rings. The van der Waals surface area contributed by atoms with E-state index < -0.39 is 0 Å². The average molecular weight is 393 g/mol. The fourth-order valence-electron chi connectivity index (χ4n) is 2.36. The zero-order valence-corrected chi connectivity index (χ0v) is 15.9. The van der Waals surface area contributed by atoms with Gasteiger partial charge in [0.2, 0.25) is 5.89 Å². The quantitative estimate of drug-likeness (QED) is 0.415. The molecule has 25 heavy (non-hydrogen) atoms. The van der Waals surface area contributed by atoms with E-state index in [0.29, 0.717) is 26.7 Å². The number of carbonyl (C=O) groups is 1. The predicted octanol–water partition coefficient (Wildman–Crippen LogP) is 5.64. The lowest BCUT2D eigenvalue weighted by Crippen LogP contribution is -2.02. The number of nitrogens with zero attached hydrogens (tertiary/aromatic N) is 2. The first-order valence-electron chi connectivity index (χ1n) is 7.45. The zero-order valence-electron chi connectivity index (χ0n) is 13.5. The third-order valence-corrected chi connectivity index (χ3v) is 5.00. The molecule has 0 unspecified atom stereocenters. The Hall–Kier alpha value is -1.82. The summed E-state index contributed by atoms with van der Waals surface area (Å²) in [4.78, 5) is 12.2. The highest BCUT2D eigenvalue weighted by molar-refractivity contribution is 7.99. The standard InChI is InChI=1S/C18H14Cl2N2O2S/c1-10-5-11(2)7-13(6-10)17-21-22-18(24-17)25-9-16(23)12-3-4-14(19)15(20)8-12/h3-8H,9H2,1-2H3. The normalized spacial score (nSPS) is 10.9. The molecule has 0 atom stereocenters. The lowest BCUT2D eigenvalue weighted by atomic mass is 10.1. The average Bonchev–Trinajstić information content (AvgIpc) is 3.03.